The number of aryl methyl sites for hydroxylation is 4. The van der Waals surface area contributed by atoms with Crippen molar-refractivity contribution >= 4 is 65.2 Å². The zero-order valence-electron chi connectivity index (χ0n) is 81.3. The van der Waals surface area contributed by atoms with Gasteiger partial charge in [0.1, 0.15) is 81.8 Å². The molecule has 132 heavy (non-hydrogen) atoms. The van der Waals surface area contributed by atoms with Crippen molar-refractivity contribution in [1.82, 2.24) is 53.2 Å². The summed E-state index contributed by atoms with van der Waals surface area (Å²) in [6.07, 6.45) is -1.80. The van der Waals surface area contributed by atoms with Crippen LogP contribution in [-0.2, 0) is 97.3 Å². The summed E-state index contributed by atoms with van der Waals surface area (Å²) in [5.74, 6) is -7.95. The zero-order valence-corrected chi connectivity index (χ0v) is 81.3. The van der Waals surface area contributed by atoms with Gasteiger partial charge in [-0.15, -0.1) is 0 Å². The number of hydrogen-bond acceptors (Lipinski definition) is 21. The fourth-order valence-electron chi connectivity index (χ4n) is 14.5. The Balaban J connectivity index is 1.48. The van der Waals surface area contributed by atoms with Gasteiger partial charge in [-0.2, -0.15) is 0 Å². The van der Waals surface area contributed by atoms with Crippen molar-refractivity contribution in [1.29, 1.82) is 0 Å². The van der Waals surface area contributed by atoms with E-state index in [0.29, 0.717) is 84.9 Å². The molecule has 32 heteroatoms. The lowest BCUT2D eigenvalue weighted by molar-refractivity contribution is -0.157. The maximum atomic E-state index is 16.0. The Morgan fingerprint density at radius 1 is 0.500 bits per heavy atom. The van der Waals surface area contributed by atoms with Crippen LogP contribution >= 0.6 is 0 Å². The lowest BCUT2D eigenvalue weighted by Gasteiger charge is -2.37. The second-order valence-corrected chi connectivity index (χ2v) is 38.1. The molecular weight excluding hydrogens is 1690 g/mol. The molecule has 0 heterocycles. The van der Waals surface area contributed by atoms with E-state index in [0.717, 1.165) is 39.4 Å². The molecule has 31 nitrogen and oxygen atoms in total. The van der Waals surface area contributed by atoms with Crippen LogP contribution in [0.1, 0.15) is 214 Å². The average molecular weight is 1840 g/mol. The van der Waals surface area contributed by atoms with Gasteiger partial charge >= 0.3 is 12.1 Å². The van der Waals surface area contributed by atoms with Crippen LogP contribution < -0.4 is 77.8 Å². The van der Waals surface area contributed by atoms with Crippen molar-refractivity contribution in [2.75, 3.05) is 54.2 Å². The first-order chi connectivity index (χ1) is 61.7. The molecule has 6 aromatic rings. The van der Waals surface area contributed by atoms with Gasteiger partial charge in [0.25, 0.3) is 5.91 Å². The fourth-order valence-corrected chi connectivity index (χ4v) is 14.5. The molecule has 0 bridgehead atoms. The molecule has 6 rings (SSSR count). The highest BCUT2D eigenvalue weighted by atomic mass is 19.1. The third kappa shape index (κ3) is 37.1. The first-order valence-electron chi connectivity index (χ1n) is 44.8. The van der Waals surface area contributed by atoms with Crippen molar-refractivity contribution < 1.29 is 99.8 Å². The fraction of sp³-hybridized carbons (Fsp3) is 0.530. The molecule has 0 aliphatic rings. The Kier molecular flexibility index (Phi) is 41.0. The molecule has 6 aromatic carbocycles. The van der Waals surface area contributed by atoms with Gasteiger partial charge in [0.15, 0.2) is 6.61 Å². The van der Waals surface area contributed by atoms with E-state index in [9.17, 15) is 24.0 Å². The Morgan fingerprint density at radius 3 is 1.64 bits per heavy atom. The standard InChI is InChI=1S/C100H142FN11O20/c1-25-66-53-72(126-48-29-28-47-104-94(123)132-99(18,19)20)44-45-73(66)67-37-35-64(36-38-67)52-77(88(117)105-76(34-30-31-65-50-60(2)49-61(3)51-65)87(116)110-86(74-46-43-71(124-23)54-80(74)125-24)68-39-41-70(42-40-68)127-59-82(114)103-22)106-89(118)78(55-83(115)131-98(15,16)17)107-90(119)79(58-128-95(6,7)8)108-91(120)84(62(4)129-96(9,10)11)111-93(122)100(21,56-69-32-26-27-33-75(69)101)112-92(121)85(109-81(113)57-102)63(5)130-97(12,13)14/h26-27,32-33,35-46,49-51,53-54,62-63,76-79,84-86H,25,28-31,34,47-48,52,55-59,102H2,1-24H3,(H,103,114)(H,104,123)(H,105,117)(H,106,118)(H,107,119)(H,108,120)(H,109,113)(H,110,116)(H,111,122)(H,112,121)/t62-,63-,76+,77+,78+,79+,84+,85+,86?,100+/m1/s1. The van der Waals surface area contributed by atoms with E-state index in [1.807, 2.05) is 69.3 Å². The molecule has 10 atom stereocenters. The Bertz CT molecular complexity index is 4860. The minimum atomic E-state index is -2.18. The molecule has 1 unspecified atom stereocenters. The Morgan fingerprint density at radius 2 is 1.07 bits per heavy atom. The van der Waals surface area contributed by atoms with Crippen LogP contribution in [0.25, 0.3) is 11.1 Å². The van der Waals surface area contributed by atoms with Gasteiger partial charge in [-0.3, -0.25) is 47.9 Å². The number of carbonyl (C=O) groups is 11. The zero-order chi connectivity index (χ0) is 98.4. The molecule has 0 radical (unpaired) electrons. The molecular formula is C100H142FN11O20. The normalized spacial score (nSPS) is 14.3. The van der Waals surface area contributed by atoms with E-state index in [1.165, 1.54) is 60.2 Å². The van der Waals surface area contributed by atoms with Gasteiger partial charge in [0.05, 0.1) is 75.5 Å². The minimum Gasteiger partial charge on any atom is -0.497 e. The van der Waals surface area contributed by atoms with Crippen LogP contribution in [0.3, 0.4) is 0 Å². The van der Waals surface area contributed by atoms with Gasteiger partial charge in [0, 0.05) is 38.1 Å². The number of benzene rings is 6. The monoisotopic (exact) mass is 1840 g/mol. The predicted octanol–water partition coefficient (Wildman–Crippen LogP) is 10.9. The summed E-state index contributed by atoms with van der Waals surface area (Å²) in [4.78, 5) is 161. The molecule has 724 valence electrons. The predicted molar refractivity (Wildman–Crippen MR) is 502 cm³/mol. The van der Waals surface area contributed by atoms with Crippen LogP contribution in [0.15, 0.2) is 127 Å². The van der Waals surface area contributed by atoms with Crippen LogP contribution in [0.2, 0.25) is 0 Å². The Labute approximate surface area is 777 Å². The number of esters is 1. The number of rotatable bonds is 47. The van der Waals surface area contributed by atoms with Crippen LogP contribution in [0, 0.1) is 19.7 Å². The number of hydrogen-bond donors (Lipinski definition) is 11. The highest BCUT2D eigenvalue weighted by Gasteiger charge is 2.45. The molecule has 0 aliphatic carbocycles. The quantitative estimate of drug-likeness (QED) is 0.0125. The third-order valence-electron chi connectivity index (χ3n) is 20.6. The molecule has 0 aliphatic heterocycles. The van der Waals surface area contributed by atoms with Crippen LogP contribution in [0.4, 0.5) is 9.18 Å². The van der Waals surface area contributed by atoms with E-state index >= 15 is 33.2 Å². The number of ether oxygens (including phenoxy) is 9. The second kappa shape index (κ2) is 49.7. The lowest BCUT2D eigenvalue weighted by atomic mass is 9.90. The van der Waals surface area contributed by atoms with E-state index in [1.54, 1.807) is 158 Å². The van der Waals surface area contributed by atoms with E-state index in [4.69, 9.17) is 48.4 Å². The van der Waals surface area contributed by atoms with Crippen molar-refractivity contribution in [2.24, 2.45) is 5.73 Å². The van der Waals surface area contributed by atoms with Gasteiger partial charge in [0.2, 0.25) is 47.3 Å². The first-order valence-corrected chi connectivity index (χ1v) is 44.8. The average Bonchev–Trinajstić information content (AvgIpc) is 0.776. The number of unbranched alkanes of at least 4 members (excludes halogenated alkanes) is 1. The molecule has 0 fully saturated rings. The highest BCUT2D eigenvalue weighted by molar-refractivity contribution is 6.00. The summed E-state index contributed by atoms with van der Waals surface area (Å²) in [6, 6.07) is 25.5. The summed E-state index contributed by atoms with van der Waals surface area (Å²) in [6.45, 7) is 35.1. The highest BCUT2D eigenvalue weighted by Crippen LogP contribution is 2.36. The third-order valence-corrected chi connectivity index (χ3v) is 20.6. The number of alkyl carbamates (subject to hydrolysis) is 1. The molecule has 0 spiro atoms. The number of nitrogens with two attached hydrogens (primary N) is 1. The first kappa shape index (κ1) is 109. The number of likely N-dealkylation sites (N-methyl/N-ethyl adjacent to an activating group) is 1. The number of carbonyl (C=O) groups excluding carboxylic acids is 11. The number of halogens is 1. The SMILES string of the molecule is CCc1cc(OCCCCNC(=O)OC(C)(C)C)ccc1-c1ccc(C[C@H](NC(=O)[C@H](CC(=O)OC(C)(C)C)NC(=O)[C@H](COC(C)(C)C)NC(=O)[C@@H](NC(=O)[C@](C)(Cc2ccccc2F)NC(=O)[C@@H](NC(=O)CN)[C@@H](C)OC(C)(C)C)[C@@H](C)OC(C)(C)C)C(=O)N[C@@H](CCCc2cc(C)cc(C)c2)C(=O)NC(c2ccc(OCC(=O)NC)cc2)c2ccc(OC)cc2OC)cc1. The maximum absolute atomic E-state index is 16.0. The van der Waals surface area contributed by atoms with E-state index in [2.05, 4.69) is 53.2 Å². The van der Waals surface area contributed by atoms with Gasteiger partial charge in [-0.05, 0) is 258 Å². The number of nitrogens with one attached hydrogen (secondary N) is 10. The van der Waals surface area contributed by atoms with Crippen molar-refractivity contribution in [2.45, 2.75) is 291 Å². The number of methoxy groups -OCH3 is 2. The summed E-state index contributed by atoms with van der Waals surface area (Å²) in [5, 5.41) is 27.7. The van der Waals surface area contributed by atoms with E-state index < -0.39 is 179 Å². The topological polar surface area (TPSA) is 417 Å². The van der Waals surface area contributed by atoms with Crippen LogP contribution in [0.5, 0.6) is 23.0 Å². The van der Waals surface area contributed by atoms with Gasteiger partial charge in [-0.1, -0.05) is 96.9 Å². The molecule has 0 aromatic heterocycles. The van der Waals surface area contributed by atoms with Crippen molar-refractivity contribution in [3.8, 4) is 34.1 Å². The van der Waals surface area contributed by atoms with Crippen molar-refractivity contribution in [3.05, 3.63) is 178 Å². The molecule has 0 saturated carbocycles. The summed E-state index contributed by atoms with van der Waals surface area (Å²) in [7, 11) is 4.45. The Hall–Kier alpha value is -11.7. The van der Waals surface area contributed by atoms with Crippen LogP contribution in [-0.4, -0.2) is 201 Å². The molecule has 10 amide bonds. The van der Waals surface area contributed by atoms with E-state index in [-0.39, 0.29) is 30.9 Å². The molecule has 12 N–H and O–H groups in total. The maximum Gasteiger partial charge on any atom is 0.407 e. The summed E-state index contributed by atoms with van der Waals surface area (Å²) >= 11 is 0. The summed E-state index contributed by atoms with van der Waals surface area (Å²) < 4.78 is 69.3. The van der Waals surface area contributed by atoms with Gasteiger partial charge in [-0.25, -0.2) is 9.18 Å². The van der Waals surface area contributed by atoms with Gasteiger partial charge < -0.3 is 102 Å². The number of amides is 10. The summed E-state index contributed by atoms with van der Waals surface area (Å²) in [5.41, 5.74) is 5.92. The smallest absolute Gasteiger partial charge is 0.407 e. The second-order valence-electron chi connectivity index (χ2n) is 38.1. The largest absolute Gasteiger partial charge is 0.497 e. The molecule has 0 saturated heterocycles. The minimum absolute atomic E-state index is 0.0236. The van der Waals surface area contributed by atoms with Crippen molar-refractivity contribution in [3.63, 3.8) is 0 Å². The lowest BCUT2D eigenvalue weighted by Crippen LogP contribution is -2.67.